The second-order valence-corrected chi connectivity index (χ2v) is 7.78. The van der Waals surface area contributed by atoms with Crippen LogP contribution in [0.15, 0.2) is 42.6 Å². The molecule has 1 fully saturated rings. The maximum atomic E-state index is 14.2. The Balaban J connectivity index is 1.70. The van der Waals surface area contributed by atoms with Crippen molar-refractivity contribution in [3.8, 4) is 0 Å². The number of hydrogen-bond acceptors (Lipinski definition) is 3. The molecule has 0 amide bonds. The summed E-state index contributed by atoms with van der Waals surface area (Å²) < 4.78 is 28.5. The van der Waals surface area contributed by atoms with E-state index in [1.54, 1.807) is 17.4 Å². The first kappa shape index (κ1) is 16.6. The SMILES string of the molecule is C[C@@H](c1cccnc1F)c1c(CCN2CC(F)C2)sc2ccccc12. The molecule has 2 aromatic heterocycles. The number of pyridine rings is 1. The average molecular weight is 358 g/mol. The fourth-order valence-corrected chi connectivity index (χ4v) is 4.89. The van der Waals surface area contributed by atoms with Crippen LogP contribution in [0, 0.1) is 5.95 Å². The van der Waals surface area contributed by atoms with Gasteiger partial charge in [0.15, 0.2) is 0 Å². The van der Waals surface area contributed by atoms with E-state index in [-0.39, 0.29) is 5.92 Å². The molecule has 0 saturated carbocycles. The molecule has 1 saturated heterocycles. The van der Waals surface area contributed by atoms with Gasteiger partial charge in [0.25, 0.3) is 0 Å². The number of hydrogen-bond donors (Lipinski definition) is 0. The molecule has 25 heavy (non-hydrogen) atoms. The minimum Gasteiger partial charge on any atom is -0.297 e. The van der Waals surface area contributed by atoms with E-state index in [1.807, 2.05) is 25.1 Å². The van der Waals surface area contributed by atoms with E-state index >= 15 is 0 Å². The Morgan fingerprint density at radius 1 is 1.24 bits per heavy atom. The summed E-state index contributed by atoms with van der Waals surface area (Å²) in [5.74, 6) is -0.468. The molecular weight excluding hydrogens is 338 g/mol. The normalized spacial score (nSPS) is 16.9. The summed E-state index contributed by atoms with van der Waals surface area (Å²) in [4.78, 5) is 7.21. The largest absolute Gasteiger partial charge is 0.297 e. The highest BCUT2D eigenvalue weighted by molar-refractivity contribution is 7.19. The van der Waals surface area contributed by atoms with Gasteiger partial charge in [-0.15, -0.1) is 11.3 Å². The maximum absolute atomic E-state index is 14.2. The Bertz CT molecular complexity index is 886. The molecule has 3 aromatic rings. The number of nitrogens with zero attached hydrogens (tertiary/aromatic N) is 2. The van der Waals surface area contributed by atoms with E-state index in [2.05, 4.69) is 22.0 Å². The Kier molecular flexibility index (Phi) is 4.52. The molecule has 3 heterocycles. The van der Waals surface area contributed by atoms with Gasteiger partial charge in [-0.2, -0.15) is 4.39 Å². The molecular formula is C20H20F2N2S. The van der Waals surface area contributed by atoms with Crippen LogP contribution in [-0.4, -0.2) is 35.7 Å². The average Bonchev–Trinajstić information content (AvgIpc) is 2.96. The van der Waals surface area contributed by atoms with E-state index < -0.39 is 12.1 Å². The second-order valence-electron chi connectivity index (χ2n) is 6.65. The minimum atomic E-state index is -0.676. The molecule has 130 valence electrons. The number of alkyl halides is 1. The lowest BCUT2D eigenvalue weighted by atomic mass is 9.91. The van der Waals surface area contributed by atoms with Gasteiger partial charge in [0.05, 0.1) is 0 Å². The summed E-state index contributed by atoms with van der Waals surface area (Å²) >= 11 is 1.77. The lowest BCUT2D eigenvalue weighted by molar-refractivity contribution is 0.0672. The van der Waals surface area contributed by atoms with Gasteiger partial charge in [0, 0.05) is 46.9 Å². The molecule has 0 radical (unpaired) electrons. The minimum absolute atomic E-state index is 0.0647. The Labute approximate surface area is 150 Å². The zero-order valence-electron chi connectivity index (χ0n) is 14.1. The maximum Gasteiger partial charge on any atom is 0.216 e. The van der Waals surface area contributed by atoms with Crippen molar-refractivity contribution in [3.05, 3.63) is 64.5 Å². The van der Waals surface area contributed by atoms with E-state index in [1.165, 1.54) is 26.7 Å². The van der Waals surface area contributed by atoms with Crippen molar-refractivity contribution in [3.63, 3.8) is 0 Å². The molecule has 1 atom stereocenters. The van der Waals surface area contributed by atoms with Crippen molar-refractivity contribution in [2.45, 2.75) is 25.4 Å². The third kappa shape index (κ3) is 3.18. The monoisotopic (exact) mass is 358 g/mol. The Hall–Kier alpha value is -1.85. The number of aromatic nitrogens is 1. The van der Waals surface area contributed by atoms with E-state index in [0.29, 0.717) is 18.7 Å². The molecule has 1 aliphatic heterocycles. The van der Waals surface area contributed by atoms with Crippen molar-refractivity contribution < 1.29 is 8.78 Å². The topological polar surface area (TPSA) is 16.1 Å². The first-order valence-electron chi connectivity index (χ1n) is 8.60. The molecule has 4 rings (SSSR count). The molecule has 2 nitrogen and oxygen atoms in total. The molecule has 0 unspecified atom stereocenters. The van der Waals surface area contributed by atoms with Gasteiger partial charge in [0.2, 0.25) is 5.95 Å². The summed E-state index contributed by atoms with van der Waals surface area (Å²) in [6.07, 6.45) is 1.67. The van der Waals surface area contributed by atoms with Gasteiger partial charge in [-0.25, -0.2) is 9.37 Å². The standard InChI is InChI=1S/C20H20F2N2S/c1-13(15-6-4-9-23-20(15)22)19-16-5-2-3-7-17(16)25-18(19)8-10-24-11-14(21)12-24/h2-7,9,13-14H,8,10-12H2,1H3/t13-/m0/s1. The van der Waals surface area contributed by atoms with Crippen molar-refractivity contribution in [2.75, 3.05) is 19.6 Å². The fourth-order valence-electron chi connectivity index (χ4n) is 3.60. The third-order valence-electron chi connectivity index (χ3n) is 4.97. The van der Waals surface area contributed by atoms with Crippen LogP contribution < -0.4 is 0 Å². The molecule has 0 N–H and O–H groups in total. The predicted octanol–water partition coefficient (Wildman–Crippen LogP) is 4.78. The molecule has 5 heteroatoms. The third-order valence-corrected chi connectivity index (χ3v) is 6.21. The van der Waals surface area contributed by atoms with Gasteiger partial charge in [-0.05, 0) is 29.5 Å². The highest BCUT2D eigenvalue weighted by atomic mass is 32.1. The van der Waals surface area contributed by atoms with Crippen molar-refractivity contribution >= 4 is 21.4 Å². The van der Waals surface area contributed by atoms with Gasteiger partial charge >= 0.3 is 0 Å². The number of likely N-dealkylation sites (tertiary alicyclic amines) is 1. The number of fused-ring (bicyclic) bond motifs is 1. The summed E-state index contributed by atoms with van der Waals surface area (Å²) in [6.45, 7) is 3.96. The lowest BCUT2D eigenvalue weighted by Gasteiger charge is -2.34. The number of halogens is 2. The summed E-state index contributed by atoms with van der Waals surface area (Å²) in [5.41, 5.74) is 1.81. The van der Waals surface area contributed by atoms with Crippen molar-refractivity contribution in [1.82, 2.24) is 9.88 Å². The van der Waals surface area contributed by atoms with Crippen LogP contribution in [0.2, 0.25) is 0 Å². The number of rotatable bonds is 5. The van der Waals surface area contributed by atoms with Crippen molar-refractivity contribution in [1.29, 1.82) is 0 Å². The summed E-state index contributed by atoms with van der Waals surface area (Å²) in [6, 6.07) is 11.9. The first-order valence-corrected chi connectivity index (χ1v) is 9.42. The molecule has 0 aliphatic carbocycles. The highest BCUT2D eigenvalue weighted by Gasteiger charge is 2.27. The van der Waals surface area contributed by atoms with E-state index in [9.17, 15) is 8.78 Å². The number of thiophene rings is 1. The first-order chi connectivity index (χ1) is 12.1. The summed E-state index contributed by atoms with van der Waals surface area (Å²) in [5, 5.41) is 1.19. The van der Waals surface area contributed by atoms with E-state index in [4.69, 9.17) is 0 Å². The van der Waals surface area contributed by atoms with Crippen LogP contribution in [0.4, 0.5) is 8.78 Å². The van der Waals surface area contributed by atoms with Crippen LogP contribution in [0.1, 0.15) is 28.8 Å². The molecule has 1 aliphatic rings. The van der Waals surface area contributed by atoms with Crippen molar-refractivity contribution in [2.24, 2.45) is 0 Å². The highest BCUT2D eigenvalue weighted by Crippen LogP contribution is 2.39. The smallest absolute Gasteiger partial charge is 0.216 e. The zero-order valence-corrected chi connectivity index (χ0v) is 14.9. The summed E-state index contributed by atoms with van der Waals surface area (Å²) in [7, 11) is 0. The van der Waals surface area contributed by atoms with Crippen LogP contribution in [0.3, 0.4) is 0 Å². The Morgan fingerprint density at radius 3 is 2.80 bits per heavy atom. The predicted molar refractivity (Wildman–Crippen MR) is 98.6 cm³/mol. The van der Waals surface area contributed by atoms with Crippen LogP contribution in [0.5, 0.6) is 0 Å². The quantitative estimate of drug-likeness (QED) is 0.610. The fraction of sp³-hybridized carbons (Fsp3) is 0.350. The second kappa shape index (κ2) is 6.81. The van der Waals surface area contributed by atoms with Crippen LogP contribution in [-0.2, 0) is 6.42 Å². The van der Waals surface area contributed by atoms with E-state index in [0.717, 1.165) is 13.0 Å². The number of benzene rings is 1. The molecule has 0 spiro atoms. The molecule has 1 aromatic carbocycles. The van der Waals surface area contributed by atoms with Gasteiger partial charge in [-0.3, -0.25) is 4.90 Å². The van der Waals surface area contributed by atoms with Crippen LogP contribution >= 0.6 is 11.3 Å². The van der Waals surface area contributed by atoms with Crippen LogP contribution in [0.25, 0.3) is 10.1 Å². The zero-order chi connectivity index (χ0) is 17.4. The van der Waals surface area contributed by atoms with Gasteiger partial charge in [-0.1, -0.05) is 31.2 Å². The molecule has 0 bridgehead atoms. The Morgan fingerprint density at radius 2 is 2.04 bits per heavy atom. The van der Waals surface area contributed by atoms with Gasteiger partial charge in [0.1, 0.15) is 6.17 Å². The van der Waals surface area contributed by atoms with Gasteiger partial charge < -0.3 is 0 Å². The lowest BCUT2D eigenvalue weighted by Crippen LogP contribution is -2.48.